The lowest BCUT2D eigenvalue weighted by Gasteiger charge is -2.25. The molecule has 3 heterocycles. The van der Waals surface area contributed by atoms with Gasteiger partial charge in [-0.1, -0.05) is 24.3 Å². The number of amides is 1. The monoisotopic (exact) mass is 367 g/mol. The summed E-state index contributed by atoms with van der Waals surface area (Å²) in [5.41, 5.74) is 3.61. The molecule has 0 bridgehead atoms. The zero-order valence-corrected chi connectivity index (χ0v) is 15.8. The second-order valence-electron chi connectivity index (χ2n) is 7.91. The molecule has 2 aliphatic rings. The van der Waals surface area contributed by atoms with Crippen LogP contribution in [0.15, 0.2) is 30.9 Å². The first-order chi connectivity index (χ1) is 12.9. The van der Waals surface area contributed by atoms with Gasteiger partial charge in [-0.15, -0.1) is 6.58 Å². The summed E-state index contributed by atoms with van der Waals surface area (Å²) >= 11 is 0. The number of aliphatic carboxylic acids is 1. The standard InChI is InChI=1S/C21H25N3O3/c1-4-8-24-12-21(20(26)27)11-23(10-17(21)19(24)25)9-15-6-5-7-16-13(2)14(3)22-18(15)16/h4-7,17,22H,1,8-12H2,2-3H3,(H,26,27)/t17-,21-/m0/s1. The van der Waals surface area contributed by atoms with E-state index in [1.807, 2.05) is 6.07 Å². The molecule has 2 fully saturated rings. The van der Waals surface area contributed by atoms with Gasteiger partial charge in [0.25, 0.3) is 0 Å². The van der Waals surface area contributed by atoms with Crippen molar-refractivity contribution < 1.29 is 14.7 Å². The average molecular weight is 367 g/mol. The van der Waals surface area contributed by atoms with Crippen LogP contribution in [0.25, 0.3) is 10.9 Å². The molecule has 2 N–H and O–H groups in total. The van der Waals surface area contributed by atoms with E-state index in [0.29, 0.717) is 26.2 Å². The Morgan fingerprint density at radius 1 is 1.41 bits per heavy atom. The number of nitrogens with zero attached hydrogens (tertiary/aromatic N) is 2. The van der Waals surface area contributed by atoms with Gasteiger partial charge in [0, 0.05) is 43.8 Å². The Bertz CT molecular complexity index is 948. The minimum Gasteiger partial charge on any atom is -0.481 e. The molecule has 0 saturated carbocycles. The predicted molar refractivity (Wildman–Crippen MR) is 103 cm³/mol. The average Bonchev–Trinajstić information content (AvgIpc) is 3.22. The van der Waals surface area contributed by atoms with Crippen molar-refractivity contribution in [1.29, 1.82) is 0 Å². The van der Waals surface area contributed by atoms with E-state index < -0.39 is 17.3 Å². The Morgan fingerprint density at radius 3 is 2.85 bits per heavy atom. The largest absolute Gasteiger partial charge is 0.481 e. The lowest BCUT2D eigenvalue weighted by Crippen LogP contribution is -2.40. The molecular weight excluding hydrogens is 342 g/mol. The molecule has 0 aliphatic carbocycles. The summed E-state index contributed by atoms with van der Waals surface area (Å²) in [5, 5.41) is 11.1. The van der Waals surface area contributed by atoms with Gasteiger partial charge in [-0.2, -0.15) is 0 Å². The lowest BCUT2D eigenvalue weighted by atomic mass is 9.81. The molecule has 2 aliphatic heterocycles. The molecule has 27 heavy (non-hydrogen) atoms. The summed E-state index contributed by atoms with van der Waals surface area (Å²) < 4.78 is 0. The first-order valence-electron chi connectivity index (χ1n) is 9.29. The number of carbonyl (C=O) groups excluding carboxylic acids is 1. The highest BCUT2D eigenvalue weighted by atomic mass is 16.4. The van der Waals surface area contributed by atoms with Crippen molar-refractivity contribution in [2.45, 2.75) is 20.4 Å². The number of carboxylic acids is 1. The zero-order valence-electron chi connectivity index (χ0n) is 15.8. The van der Waals surface area contributed by atoms with Crippen molar-refractivity contribution in [2.75, 3.05) is 26.2 Å². The molecule has 0 spiro atoms. The molecule has 1 amide bonds. The maximum atomic E-state index is 12.7. The van der Waals surface area contributed by atoms with Gasteiger partial charge in [-0.25, -0.2) is 0 Å². The fourth-order valence-corrected chi connectivity index (χ4v) is 4.75. The Kier molecular flexibility index (Phi) is 4.11. The van der Waals surface area contributed by atoms with Crippen LogP contribution < -0.4 is 0 Å². The van der Waals surface area contributed by atoms with Crippen LogP contribution in [0.4, 0.5) is 0 Å². The predicted octanol–water partition coefficient (Wildman–Crippen LogP) is 2.32. The minimum atomic E-state index is -1.02. The van der Waals surface area contributed by atoms with E-state index in [1.165, 1.54) is 10.9 Å². The maximum Gasteiger partial charge on any atom is 0.313 e. The van der Waals surface area contributed by atoms with Gasteiger partial charge in [0.15, 0.2) is 0 Å². The van der Waals surface area contributed by atoms with Crippen LogP contribution in [0.5, 0.6) is 0 Å². The molecule has 2 atom stereocenters. The van der Waals surface area contributed by atoms with Crippen molar-refractivity contribution in [3.05, 3.63) is 47.7 Å². The zero-order chi connectivity index (χ0) is 19.3. The quantitative estimate of drug-likeness (QED) is 0.795. The number of aryl methyl sites for hydroxylation is 2. The molecule has 0 radical (unpaired) electrons. The Labute approximate surface area is 158 Å². The number of hydrogen-bond donors (Lipinski definition) is 2. The van der Waals surface area contributed by atoms with Crippen LogP contribution >= 0.6 is 0 Å². The summed E-state index contributed by atoms with van der Waals surface area (Å²) in [6.45, 7) is 10.0. The number of benzene rings is 1. The van der Waals surface area contributed by atoms with E-state index in [9.17, 15) is 14.7 Å². The topological polar surface area (TPSA) is 76.6 Å². The number of likely N-dealkylation sites (tertiary alicyclic amines) is 2. The number of aromatic amines is 1. The van der Waals surface area contributed by atoms with E-state index in [-0.39, 0.29) is 12.5 Å². The molecule has 1 aromatic heterocycles. The summed E-state index contributed by atoms with van der Waals surface area (Å²) in [7, 11) is 0. The summed E-state index contributed by atoms with van der Waals surface area (Å²) in [5.74, 6) is -1.43. The normalized spacial score (nSPS) is 25.3. The molecule has 2 aromatic rings. The molecule has 6 nitrogen and oxygen atoms in total. The molecular formula is C21H25N3O3. The molecule has 1 aromatic carbocycles. The maximum absolute atomic E-state index is 12.7. The molecule has 4 rings (SSSR count). The van der Waals surface area contributed by atoms with Crippen molar-refractivity contribution in [2.24, 2.45) is 11.3 Å². The van der Waals surface area contributed by atoms with Crippen molar-refractivity contribution in [3.63, 3.8) is 0 Å². The van der Waals surface area contributed by atoms with Crippen LogP contribution in [-0.4, -0.2) is 57.9 Å². The van der Waals surface area contributed by atoms with Gasteiger partial charge < -0.3 is 15.0 Å². The molecule has 142 valence electrons. The van der Waals surface area contributed by atoms with Crippen LogP contribution in [0.3, 0.4) is 0 Å². The summed E-state index contributed by atoms with van der Waals surface area (Å²) in [6, 6.07) is 6.22. The summed E-state index contributed by atoms with van der Waals surface area (Å²) in [6.07, 6.45) is 1.66. The Balaban J connectivity index is 1.62. The lowest BCUT2D eigenvalue weighted by molar-refractivity contribution is -0.149. The van der Waals surface area contributed by atoms with Crippen LogP contribution in [0, 0.1) is 25.2 Å². The first kappa shape index (κ1) is 17.8. The number of H-pyrrole nitrogens is 1. The second-order valence-corrected chi connectivity index (χ2v) is 7.91. The summed E-state index contributed by atoms with van der Waals surface area (Å²) in [4.78, 5) is 32.0. The fraction of sp³-hybridized carbons (Fsp3) is 0.429. The number of fused-ring (bicyclic) bond motifs is 2. The third-order valence-electron chi connectivity index (χ3n) is 6.30. The smallest absolute Gasteiger partial charge is 0.313 e. The van der Waals surface area contributed by atoms with Crippen molar-refractivity contribution in [3.8, 4) is 0 Å². The number of nitrogens with one attached hydrogen (secondary N) is 1. The molecule has 6 heteroatoms. The third kappa shape index (κ3) is 2.58. The number of para-hydroxylation sites is 1. The van der Waals surface area contributed by atoms with Crippen LogP contribution in [0.2, 0.25) is 0 Å². The van der Waals surface area contributed by atoms with E-state index >= 15 is 0 Å². The number of aromatic nitrogens is 1. The van der Waals surface area contributed by atoms with E-state index in [4.69, 9.17) is 0 Å². The van der Waals surface area contributed by atoms with E-state index in [2.05, 4.69) is 42.4 Å². The highest BCUT2D eigenvalue weighted by molar-refractivity contribution is 5.92. The van der Waals surface area contributed by atoms with E-state index in [0.717, 1.165) is 16.8 Å². The van der Waals surface area contributed by atoms with Gasteiger partial charge in [-0.3, -0.25) is 14.5 Å². The van der Waals surface area contributed by atoms with Crippen LogP contribution in [-0.2, 0) is 16.1 Å². The third-order valence-corrected chi connectivity index (χ3v) is 6.30. The van der Waals surface area contributed by atoms with Gasteiger partial charge >= 0.3 is 5.97 Å². The number of hydrogen-bond acceptors (Lipinski definition) is 3. The molecule has 0 unspecified atom stereocenters. The second kappa shape index (κ2) is 6.23. The van der Waals surface area contributed by atoms with E-state index in [1.54, 1.807) is 11.0 Å². The van der Waals surface area contributed by atoms with Crippen molar-refractivity contribution in [1.82, 2.24) is 14.8 Å². The van der Waals surface area contributed by atoms with Crippen LogP contribution in [0.1, 0.15) is 16.8 Å². The number of carboxylic acid groups (broad SMARTS) is 1. The highest BCUT2D eigenvalue weighted by Gasteiger charge is 2.61. The fourth-order valence-electron chi connectivity index (χ4n) is 4.75. The molecule has 2 saturated heterocycles. The van der Waals surface area contributed by atoms with Gasteiger partial charge in [0.05, 0.1) is 11.4 Å². The highest BCUT2D eigenvalue weighted by Crippen LogP contribution is 2.44. The Morgan fingerprint density at radius 2 is 2.19 bits per heavy atom. The van der Waals surface area contributed by atoms with Gasteiger partial charge in [0.1, 0.15) is 5.41 Å². The van der Waals surface area contributed by atoms with Crippen molar-refractivity contribution >= 4 is 22.8 Å². The SMILES string of the molecule is C=CCN1C[C@@]2(C(=O)O)CN(Cc3cccc4c(C)c(C)[nH]c34)C[C@H]2C1=O. The first-order valence-corrected chi connectivity index (χ1v) is 9.29. The van der Waals surface area contributed by atoms with Gasteiger partial charge in [-0.05, 0) is 25.0 Å². The van der Waals surface area contributed by atoms with Gasteiger partial charge in [0.2, 0.25) is 5.91 Å². The Hall–Kier alpha value is -2.60. The number of rotatable bonds is 5. The number of carbonyl (C=O) groups is 2. The minimum absolute atomic E-state index is 0.0652.